The number of ketones is 1. The van der Waals surface area contributed by atoms with E-state index in [-0.39, 0.29) is 5.78 Å². The summed E-state index contributed by atoms with van der Waals surface area (Å²) < 4.78 is 2.13. The number of nitrogens with two attached hydrogens (primary N) is 1. The number of Topliss-reactive ketones (excluding diaryl/α,β-unsaturated/α-hetero) is 1. The number of fused-ring (bicyclic) bond motifs is 1. The largest absolute Gasteiger partial charge is 0.330 e. The van der Waals surface area contributed by atoms with E-state index in [2.05, 4.69) is 16.5 Å². The van der Waals surface area contributed by atoms with Gasteiger partial charge in [-0.2, -0.15) is 0 Å². The SMILES string of the molecule is CCn1c(C)nc2cc(C(=O)CCN)ccc21. The molecule has 0 spiro atoms. The van der Waals surface area contributed by atoms with Crippen molar-refractivity contribution < 1.29 is 4.79 Å². The molecule has 0 aliphatic rings. The summed E-state index contributed by atoms with van der Waals surface area (Å²) in [7, 11) is 0. The van der Waals surface area contributed by atoms with Gasteiger partial charge in [0.25, 0.3) is 0 Å². The molecule has 0 unspecified atom stereocenters. The van der Waals surface area contributed by atoms with Crippen LogP contribution in [0, 0.1) is 6.92 Å². The van der Waals surface area contributed by atoms with Crippen LogP contribution < -0.4 is 5.73 Å². The number of nitrogens with zero attached hydrogens (tertiary/aromatic N) is 2. The zero-order valence-electron chi connectivity index (χ0n) is 10.2. The summed E-state index contributed by atoms with van der Waals surface area (Å²) >= 11 is 0. The highest BCUT2D eigenvalue weighted by atomic mass is 16.1. The van der Waals surface area contributed by atoms with Gasteiger partial charge in [0.1, 0.15) is 5.82 Å². The van der Waals surface area contributed by atoms with Crippen LogP contribution in [0.5, 0.6) is 0 Å². The molecule has 0 bridgehead atoms. The number of aromatic nitrogens is 2. The third-order valence-electron chi connectivity index (χ3n) is 2.95. The van der Waals surface area contributed by atoms with E-state index < -0.39 is 0 Å². The molecule has 0 amide bonds. The Hall–Kier alpha value is -1.68. The summed E-state index contributed by atoms with van der Waals surface area (Å²) in [5.74, 6) is 1.06. The lowest BCUT2D eigenvalue weighted by Gasteiger charge is -2.02. The first kappa shape index (κ1) is 11.8. The first-order valence-electron chi connectivity index (χ1n) is 5.87. The summed E-state index contributed by atoms with van der Waals surface area (Å²) in [6.07, 6.45) is 0.388. The van der Waals surface area contributed by atoms with Gasteiger partial charge in [0.05, 0.1) is 11.0 Å². The van der Waals surface area contributed by atoms with Crippen molar-refractivity contribution in [3.8, 4) is 0 Å². The Morgan fingerprint density at radius 1 is 1.47 bits per heavy atom. The highest BCUT2D eigenvalue weighted by Gasteiger charge is 2.10. The molecule has 2 rings (SSSR count). The van der Waals surface area contributed by atoms with E-state index in [1.54, 1.807) is 0 Å². The van der Waals surface area contributed by atoms with E-state index in [1.165, 1.54) is 0 Å². The van der Waals surface area contributed by atoms with Crippen molar-refractivity contribution in [1.82, 2.24) is 9.55 Å². The molecule has 0 saturated carbocycles. The van der Waals surface area contributed by atoms with Crippen LogP contribution in [-0.4, -0.2) is 21.9 Å². The Kier molecular flexibility index (Phi) is 3.24. The van der Waals surface area contributed by atoms with Gasteiger partial charge in [0.2, 0.25) is 0 Å². The first-order chi connectivity index (χ1) is 8.17. The van der Waals surface area contributed by atoms with Gasteiger partial charge in [-0.05, 0) is 38.6 Å². The van der Waals surface area contributed by atoms with Crippen molar-refractivity contribution in [2.45, 2.75) is 26.8 Å². The number of benzene rings is 1. The van der Waals surface area contributed by atoms with E-state index in [0.29, 0.717) is 18.5 Å². The highest BCUT2D eigenvalue weighted by Crippen LogP contribution is 2.18. The minimum atomic E-state index is 0.0816. The van der Waals surface area contributed by atoms with Crippen molar-refractivity contribution in [3.63, 3.8) is 0 Å². The minimum Gasteiger partial charge on any atom is -0.330 e. The molecule has 0 radical (unpaired) electrons. The molecular formula is C13H17N3O. The Morgan fingerprint density at radius 3 is 2.88 bits per heavy atom. The van der Waals surface area contributed by atoms with Crippen molar-refractivity contribution in [3.05, 3.63) is 29.6 Å². The second-order valence-electron chi connectivity index (χ2n) is 4.07. The second kappa shape index (κ2) is 4.67. The first-order valence-corrected chi connectivity index (χ1v) is 5.87. The van der Waals surface area contributed by atoms with Crippen LogP contribution in [0.15, 0.2) is 18.2 Å². The zero-order valence-corrected chi connectivity index (χ0v) is 10.2. The maximum absolute atomic E-state index is 11.7. The fourth-order valence-electron chi connectivity index (χ4n) is 2.10. The van der Waals surface area contributed by atoms with Gasteiger partial charge in [0.15, 0.2) is 5.78 Å². The van der Waals surface area contributed by atoms with Crippen LogP contribution in [0.25, 0.3) is 11.0 Å². The summed E-state index contributed by atoms with van der Waals surface area (Å²) in [6, 6.07) is 5.67. The zero-order chi connectivity index (χ0) is 12.4. The predicted molar refractivity (Wildman–Crippen MR) is 68.1 cm³/mol. The fourth-order valence-corrected chi connectivity index (χ4v) is 2.10. The standard InChI is InChI=1S/C13H17N3O/c1-3-16-9(2)15-11-8-10(4-5-12(11)16)13(17)6-7-14/h4-5,8H,3,6-7,14H2,1-2H3. The molecule has 17 heavy (non-hydrogen) atoms. The molecule has 0 saturated heterocycles. The number of carbonyl (C=O) groups excluding carboxylic acids is 1. The number of aryl methyl sites for hydroxylation is 2. The Labute approximate surface area is 100 Å². The second-order valence-corrected chi connectivity index (χ2v) is 4.07. The average Bonchev–Trinajstić information content (AvgIpc) is 2.63. The van der Waals surface area contributed by atoms with Crippen LogP contribution in [-0.2, 0) is 6.54 Å². The van der Waals surface area contributed by atoms with Crippen molar-refractivity contribution in [2.24, 2.45) is 5.73 Å². The molecule has 0 atom stereocenters. The lowest BCUT2D eigenvalue weighted by Crippen LogP contribution is -2.08. The molecule has 0 aliphatic heterocycles. The normalized spacial score (nSPS) is 11.0. The summed E-state index contributed by atoms with van der Waals surface area (Å²) in [5.41, 5.74) is 8.05. The monoisotopic (exact) mass is 231 g/mol. The van der Waals surface area contributed by atoms with Crippen LogP contribution in [0.1, 0.15) is 29.5 Å². The molecule has 0 aliphatic carbocycles. The van der Waals surface area contributed by atoms with Crippen LogP contribution in [0.2, 0.25) is 0 Å². The van der Waals surface area contributed by atoms with Crippen molar-refractivity contribution in [2.75, 3.05) is 6.54 Å². The van der Waals surface area contributed by atoms with Gasteiger partial charge in [0, 0.05) is 18.5 Å². The van der Waals surface area contributed by atoms with Crippen LogP contribution >= 0.6 is 0 Å². The topological polar surface area (TPSA) is 60.9 Å². The number of hydrogen-bond acceptors (Lipinski definition) is 3. The molecule has 2 N–H and O–H groups in total. The molecule has 1 heterocycles. The van der Waals surface area contributed by atoms with Gasteiger partial charge in [-0.1, -0.05) is 0 Å². The van der Waals surface area contributed by atoms with E-state index >= 15 is 0 Å². The smallest absolute Gasteiger partial charge is 0.164 e. The Bertz CT molecular complexity index is 557. The number of carbonyl (C=O) groups is 1. The molecule has 90 valence electrons. The van der Waals surface area contributed by atoms with E-state index in [1.807, 2.05) is 25.1 Å². The lowest BCUT2D eigenvalue weighted by atomic mass is 10.1. The lowest BCUT2D eigenvalue weighted by molar-refractivity contribution is 0.0985. The van der Waals surface area contributed by atoms with Gasteiger partial charge >= 0.3 is 0 Å². The van der Waals surface area contributed by atoms with E-state index in [9.17, 15) is 4.79 Å². The third-order valence-corrected chi connectivity index (χ3v) is 2.95. The Balaban J connectivity index is 2.48. The van der Waals surface area contributed by atoms with Crippen molar-refractivity contribution in [1.29, 1.82) is 0 Å². The van der Waals surface area contributed by atoms with Crippen LogP contribution in [0.3, 0.4) is 0 Å². The van der Waals surface area contributed by atoms with Gasteiger partial charge in [-0.3, -0.25) is 4.79 Å². The van der Waals surface area contributed by atoms with Gasteiger partial charge in [-0.15, -0.1) is 0 Å². The van der Waals surface area contributed by atoms with Crippen LogP contribution in [0.4, 0.5) is 0 Å². The third kappa shape index (κ3) is 2.08. The molecule has 0 fully saturated rings. The Morgan fingerprint density at radius 2 is 2.24 bits per heavy atom. The maximum Gasteiger partial charge on any atom is 0.164 e. The number of hydrogen-bond donors (Lipinski definition) is 1. The summed E-state index contributed by atoms with van der Waals surface area (Å²) in [5, 5.41) is 0. The summed E-state index contributed by atoms with van der Waals surface area (Å²) in [4.78, 5) is 16.2. The van der Waals surface area contributed by atoms with Gasteiger partial charge in [-0.25, -0.2) is 4.98 Å². The maximum atomic E-state index is 11.7. The highest BCUT2D eigenvalue weighted by molar-refractivity contribution is 5.99. The number of imidazole rings is 1. The molecule has 1 aromatic carbocycles. The predicted octanol–water partition coefficient (Wildman–Crippen LogP) is 1.90. The molecule has 4 nitrogen and oxygen atoms in total. The van der Waals surface area contributed by atoms with E-state index in [4.69, 9.17) is 5.73 Å². The molecule has 1 aromatic heterocycles. The van der Waals surface area contributed by atoms with E-state index in [0.717, 1.165) is 23.4 Å². The van der Waals surface area contributed by atoms with Crippen molar-refractivity contribution >= 4 is 16.8 Å². The molecule has 2 aromatic rings. The van der Waals surface area contributed by atoms with Gasteiger partial charge < -0.3 is 10.3 Å². The fraction of sp³-hybridized carbons (Fsp3) is 0.385. The minimum absolute atomic E-state index is 0.0816. The molecule has 4 heteroatoms. The number of rotatable bonds is 4. The summed E-state index contributed by atoms with van der Waals surface area (Å²) in [6.45, 7) is 5.34. The molecular weight excluding hydrogens is 214 g/mol. The average molecular weight is 231 g/mol. The quantitative estimate of drug-likeness (QED) is 0.817.